The first-order valence-corrected chi connectivity index (χ1v) is 8.17. The van der Waals surface area contributed by atoms with Gasteiger partial charge in [0.2, 0.25) is 10.0 Å². The average molecular weight is 300 g/mol. The third-order valence-corrected chi connectivity index (χ3v) is 5.04. The fourth-order valence-electron chi connectivity index (χ4n) is 2.00. The van der Waals surface area contributed by atoms with Crippen molar-refractivity contribution < 1.29 is 13.5 Å². The molecule has 20 heavy (non-hydrogen) atoms. The van der Waals surface area contributed by atoms with E-state index in [0.29, 0.717) is 12.2 Å². The van der Waals surface area contributed by atoms with Crippen molar-refractivity contribution in [1.82, 2.24) is 8.87 Å². The van der Waals surface area contributed by atoms with E-state index in [4.69, 9.17) is 0 Å². The Hall–Kier alpha value is -1.11. The van der Waals surface area contributed by atoms with Crippen molar-refractivity contribution in [2.75, 3.05) is 13.6 Å². The molecule has 114 valence electrons. The molecule has 1 aromatic heterocycles. The molecule has 0 aliphatic rings. The standard InChI is InChI=1S/C14H24N2O3S/c1-5-6-7-8-15(4)20(18,19)14-9-13(11-17)16(10-14)12(2)3/h5,9-10,12,17H,1,6-8,11H2,2-4H3. The maximum Gasteiger partial charge on any atom is 0.244 e. The van der Waals surface area contributed by atoms with Crippen molar-refractivity contribution in [3.63, 3.8) is 0 Å². The third-order valence-electron chi connectivity index (χ3n) is 3.21. The summed E-state index contributed by atoms with van der Waals surface area (Å²) in [5.74, 6) is 0. The summed E-state index contributed by atoms with van der Waals surface area (Å²) in [6.07, 6.45) is 4.90. The van der Waals surface area contributed by atoms with E-state index >= 15 is 0 Å². The van der Waals surface area contributed by atoms with Crippen molar-refractivity contribution in [1.29, 1.82) is 0 Å². The summed E-state index contributed by atoms with van der Waals surface area (Å²) in [6.45, 7) is 7.80. The second kappa shape index (κ2) is 7.06. The van der Waals surface area contributed by atoms with Gasteiger partial charge < -0.3 is 9.67 Å². The molecule has 5 nitrogen and oxygen atoms in total. The van der Waals surface area contributed by atoms with Gasteiger partial charge in [-0.05, 0) is 32.8 Å². The largest absolute Gasteiger partial charge is 0.390 e. The lowest BCUT2D eigenvalue weighted by molar-refractivity contribution is 0.268. The summed E-state index contributed by atoms with van der Waals surface area (Å²) in [7, 11) is -1.92. The van der Waals surface area contributed by atoms with E-state index < -0.39 is 10.0 Å². The van der Waals surface area contributed by atoms with Gasteiger partial charge in [0.05, 0.1) is 6.61 Å². The van der Waals surface area contributed by atoms with Crippen LogP contribution in [0.4, 0.5) is 0 Å². The molecule has 1 aromatic rings. The van der Waals surface area contributed by atoms with Gasteiger partial charge in [-0.3, -0.25) is 0 Å². The Bertz CT molecular complexity index is 547. The Morgan fingerprint density at radius 2 is 2.15 bits per heavy atom. The van der Waals surface area contributed by atoms with Crippen LogP contribution < -0.4 is 0 Å². The highest BCUT2D eigenvalue weighted by molar-refractivity contribution is 7.89. The van der Waals surface area contributed by atoms with E-state index in [-0.39, 0.29) is 17.5 Å². The molecule has 0 atom stereocenters. The topological polar surface area (TPSA) is 62.5 Å². The molecule has 1 heterocycles. The highest BCUT2D eigenvalue weighted by atomic mass is 32.2. The van der Waals surface area contributed by atoms with E-state index in [1.807, 2.05) is 13.8 Å². The highest BCUT2D eigenvalue weighted by Gasteiger charge is 2.23. The van der Waals surface area contributed by atoms with Crippen LogP contribution >= 0.6 is 0 Å². The van der Waals surface area contributed by atoms with Crippen molar-refractivity contribution in [2.45, 2.75) is 44.2 Å². The number of aromatic nitrogens is 1. The van der Waals surface area contributed by atoms with Crippen LogP contribution in [-0.4, -0.2) is 36.0 Å². The molecular weight excluding hydrogens is 276 g/mol. The molecule has 0 aromatic carbocycles. The molecule has 0 saturated carbocycles. The van der Waals surface area contributed by atoms with Gasteiger partial charge in [-0.25, -0.2) is 12.7 Å². The van der Waals surface area contributed by atoms with Crippen LogP contribution in [0.1, 0.15) is 38.4 Å². The molecule has 6 heteroatoms. The van der Waals surface area contributed by atoms with Gasteiger partial charge in [-0.15, -0.1) is 6.58 Å². The molecule has 0 aliphatic carbocycles. The van der Waals surface area contributed by atoms with Gasteiger partial charge in [0.1, 0.15) is 4.90 Å². The molecule has 0 amide bonds. The fraction of sp³-hybridized carbons (Fsp3) is 0.571. The van der Waals surface area contributed by atoms with Crippen LogP contribution in [-0.2, 0) is 16.6 Å². The van der Waals surface area contributed by atoms with Gasteiger partial charge in [-0.2, -0.15) is 0 Å². The van der Waals surface area contributed by atoms with E-state index in [1.165, 1.54) is 4.31 Å². The number of allylic oxidation sites excluding steroid dienone is 1. The van der Waals surface area contributed by atoms with E-state index in [2.05, 4.69) is 6.58 Å². The number of nitrogens with zero attached hydrogens (tertiary/aromatic N) is 2. The minimum atomic E-state index is -3.50. The normalized spacial score (nSPS) is 12.3. The zero-order valence-corrected chi connectivity index (χ0v) is 13.2. The Balaban J connectivity index is 3.00. The predicted molar refractivity (Wildman–Crippen MR) is 80.0 cm³/mol. The van der Waals surface area contributed by atoms with Gasteiger partial charge in [0.15, 0.2) is 0 Å². The lowest BCUT2D eigenvalue weighted by Gasteiger charge is -2.15. The molecule has 0 spiro atoms. The Morgan fingerprint density at radius 1 is 1.50 bits per heavy atom. The van der Waals surface area contributed by atoms with Crippen molar-refractivity contribution in [2.24, 2.45) is 0 Å². The summed E-state index contributed by atoms with van der Waals surface area (Å²) in [4.78, 5) is 0.233. The summed E-state index contributed by atoms with van der Waals surface area (Å²) < 4.78 is 28.0. The monoisotopic (exact) mass is 300 g/mol. The Labute approximate surface area is 121 Å². The maximum absolute atomic E-state index is 12.4. The average Bonchev–Trinajstić information content (AvgIpc) is 2.83. The van der Waals surface area contributed by atoms with Crippen LogP contribution in [0.2, 0.25) is 0 Å². The second-order valence-corrected chi connectivity index (χ2v) is 7.13. The number of aliphatic hydroxyl groups excluding tert-OH is 1. The maximum atomic E-state index is 12.4. The first-order chi connectivity index (χ1) is 9.34. The minimum Gasteiger partial charge on any atom is -0.390 e. The molecular formula is C14H24N2O3S. The van der Waals surface area contributed by atoms with Gasteiger partial charge in [0, 0.05) is 31.5 Å². The summed E-state index contributed by atoms with van der Waals surface area (Å²) in [5.41, 5.74) is 0.609. The third kappa shape index (κ3) is 3.71. The van der Waals surface area contributed by atoms with Gasteiger partial charge >= 0.3 is 0 Å². The lowest BCUT2D eigenvalue weighted by Crippen LogP contribution is -2.27. The van der Waals surface area contributed by atoms with Crippen LogP contribution in [0, 0.1) is 0 Å². The van der Waals surface area contributed by atoms with Crippen LogP contribution in [0.15, 0.2) is 29.8 Å². The number of aliphatic hydroxyl groups is 1. The van der Waals surface area contributed by atoms with Crippen molar-refractivity contribution in [3.05, 3.63) is 30.6 Å². The molecule has 1 rings (SSSR count). The number of unbranched alkanes of at least 4 members (excludes halogenated alkanes) is 1. The first kappa shape index (κ1) is 16.9. The molecule has 1 N–H and O–H groups in total. The lowest BCUT2D eigenvalue weighted by atomic mass is 10.3. The van der Waals surface area contributed by atoms with Crippen molar-refractivity contribution in [3.8, 4) is 0 Å². The summed E-state index contributed by atoms with van der Waals surface area (Å²) in [5, 5.41) is 9.32. The van der Waals surface area contributed by atoms with Gasteiger partial charge in [0.25, 0.3) is 0 Å². The molecule has 0 aliphatic heterocycles. The summed E-state index contributed by atoms with van der Waals surface area (Å²) >= 11 is 0. The van der Waals surface area contributed by atoms with E-state index in [9.17, 15) is 13.5 Å². The summed E-state index contributed by atoms with van der Waals surface area (Å²) in [6, 6.07) is 1.64. The second-order valence-electron chi connectivity index (χ2n) is 5.08. The Kier molecular flexibility index (Phi) is 5.98. The number of sulfonamides is 1. The number of hydrogen-bond acceptors (Lipinski definition) is 3. The van der Waals surface area contributed by atoms with Crippen LogP contribution in [0.3, 0.4) is 0 Å². The predicted octanol–water partition coefficient (Wildman–Crippen LogP) is 2.15. The van der Waals surface area contributed by atoms with Crippen LogP contribution in [0.5, 0.6) is 0 Å². The number of hydrogen-bond donors (Lipinski definition) is 1. The van der Waals surface area contributed by atoms with E-state index in [0.717, 1.165) is 12.8 Å². The smallest absolute Gasteiger partial charge is 0.244 e. The molecule has 0 bridgehead atoms. The highest BCUT2D eigenvalue weighted by Crippen LogP contribution is 2.21. The van der Waals surface area contributed by atoms with Gasteiger partial charge in [-0.1, -0.05) is 6.08 Å². The molecule has 0 unspecified atom stereocenters. The minimum absolute atomic E-state index is 0.104. The SMILES string of the molecule is C=CCCCN(C)S(=O)(=O)c1cc(CO)n(C(C)C)c1. The number of rotatable bonds is 8. The van der Waals surface area contributed by atoms with Crippen LogP contribution in [0.25, 0.3) is 0 Å². The zero-order chi connectivity index (χ0) is 15.3. The first-order valence-electron chi connectivity index (χ1n) is 6.73. The molecule has 0 saturated heterocycles. The van der Waals surface area contributed by atoms with E-state index in [1.54, 1.807) is 30.0 Å². The van der Waals surface area contributed by atoms with Crippen molar-refractivity contribution >= 4 is 10.0 Å². The molecule has 0 radical (unpaired) electrons. The Morgan fingerprint density at radius 3 is 2.60 bits per heavy atom. The molecule has 0 fully saturated rings. The zero-order valence-electron chi connectivity index (χ0n) is 12.4. The fourth-order valence-corrected chi connectivity index (χ4v) is 3.26. The quantitative estimate of drug-likeness (QED) is 0.591.